The van der Waals surface area contributed by atoms with Gasteiger partial charge in [-0.05, 0) is 43.2 Å². The van der Waals surface area contributed by atoms with E-state index in [1.54, 1.807) is 18.3 Å². The fraction of sp³-hybridized carbons (Fsp3) is 0.273. The molecule has 30 heavy (non-hydrogen) atoms. The summed E-state index contributed by atoms with van der Waals surface area (Å²) < 4.78 is 37.9. The van der Waals surface area contributed by atoms with E-state index in [0.717, 1.165) is 16.1 Å². The van der Waals surface area contributed by atoms with Crippen LogP contribution in [-0.2, 0) is 13.0 Å². The van der Waals surface area contributed by atoms with Gasteiger partial charge >= 0.3 is 12.2 Å². The van der Waals surface area contributed by atoms with E-state index in [-0.39, 0.29) is 24.2 Å². The standard InChI is InChI=1S/C22H22F3N3OS/c1-15(2)27-21(29)28(19-8-6-16(7-9-19)13-22(23,24)25)14-17-4-3-5-18(12-17)20-26-10-11-30-20/h3-12,15H,13-14H2,1-2H3,(H,27,29). The smallest absolute Gasteiger partial charge is 0.336 e. The summed E-state index contributed by atoms with van der Waals surface area (Å²) >= 11 is 1.52. The van der Waals surface area contributed by atoms with Gasteiger partial charge in [-0.15, -0.1) is 11.3 Å². The monoisotopic (exact) mass is 433 g/mol. The highest BCUT2D eigenvalue weighted by atomic mass is 32.1. The van der Waals surface area contributed by atoms with Crippen molar-refractivity contribution in [3.8, 4) is 10.6 Å². The van der Waals surface area contributed by atoms with Crippen LogP contribution in [0.2, 0.25) is 0 Å². The van der Waals surface area contributed by atoms with Crippen molar-refractivity contribution in [1.82, 2.24) is 10.3 Å². The number of carbonyl (C=O) groups is 1. The van der Waals surface area contributed by atoms with Crippen LogP contribution in [0.25, 0.3) is 10.6 Å². The summed E-state index contributed by atoms with van der Waals surface area (Å²) in [4.78, 5) is 18.6. The molecule has 0 unspecified atom stereocenters. The Hall–Kier alpha value is -2.87. The van der Waals surface area contributed by atoms with Gasteiger partial charge in [0.05, 0.1) is 13.0 Å². The van der Waals surface area contributed by atoms with E-state index in [0.29, 0.717) is 5.69 Å². The Morgan fingerprint density at radius 3 is 2.47 bits per heavy atom. The van der Waals surface area contributed by atoms with Crippen LogP contribution in [0, 0.1) is 0 Å². The molecule has 0 spiro atoms. The lowest BCUT2D eigenvalue weighted by molar-refractivity contribution is -0.127. The zero-order chi connectivity index (χ0) is 21.7. The van der Waals surface area contributed by atoms with Crippen molar-refractivity contribution in [3.63, 3.8) is 0 Å². The number of thiazole rings is 1. The van der Waals surface area contributed by atoms with Gasteiger partial charge in [0.15, 0.2) is 0 Å². The van der Waals surface area contributed by atoms with Gasteiger partial charge in [-0.1, -0.05) is 30.3 Å². The quantitative estimate of drug-likeness (QED) is 0.515. The summed E-state index contributed by atoms with van der Waals surface area (Å²) in [5, 5.41) is 5.63. The molecule has 0 aliphatic rings. The van der Waals surface area contributed by atoms with Crippen LogP contribution in [0.5, 0.6) is 0 Å². The largest absolute Gasteiger partial charge is 0.393 e. The van der Waals surface area contributed by atoms with Crippen LogP contribution in [0.3, 0.4) is 0 Å². The maximum Gasteiger partial charge on any atom is 0.393 e. The number of hydrogen-bond acceptors (Lipinski definition) is 3. The highest BCUT2D eigenvalue weighted by molar-refractivity contribution is 7.13. The maximum absolute atomic E-state index is 12.8. The van der Waals surface area contributed by atoms with Crippen molar-refractivity contribution in [3.05, 3.63) is 71.2 Å². The number of carbonyl (C=O) groups excluding carboxylic acids is 1. The van der Waals surface area contributed by atoms with Crippen LogP contribution < -0.4 is 10.2 Å². The first kappa shape index (κ1) is 21.8. The third kappa shape index (κ3) is 6.06. The Morgan fingerprint density at radius 2 is 1.87 bits per heavy atom. The average Bonchev–Trinajstić information content (AvgIpc) is 3.20. The molecular weight excluding hydrogens is 411 g/mol. The van der Waals surface area contributed by atoms with E-state index < -0.39 is 12.6 Å². The molecule has 0 saturated carbocycles. The molecule has 3 rings (SSSR count). The molecule has 2 amide bonds. The highest BCUT2D eigenvalue weighted by Gasteiger charge is 2.27. The van der Waals surface area contributed by atoms with Crippen LogP contribution in [0.4, 0.5) is 23.7 Å². The lowest BCUT2D eigenvalue weighted by Gasteiger charge is -2.25. The average molecular weight is 433 g/mol. The molecule has 0 atom stereocenters. The van der Waals surface area contributed by atoms with Crippen LogP contribution in [0.1, 0.15) is 25.0 Å². The molecular formula is C22H22F3N3OS. The molecule has 4 nitrogen and oxygen atoms in total. The molecule has 2 aromatic carbocycles. The van der Waals surface area contributed by atoms with Crippen LogP contribution in [0.15, 0.2) is 60.1 Å². The molecule has 1 heterocycles. The second-order valence-electron chi connectivity index (χ2n) is 7.19. The summed E-state index contributed by atoms with van der Waals surface area (Å²) in [5.74, 6) is 0. The van der Waals surface area contributed by atoms with E-state index >= 15 is 0 Å². The molecule has 0 saturated heterocycles. The molecule has 0 bridgehead atoms. The zero-order valence-corrected chi connectivity index (χ0v) is 17.4. The maximum atomic E-state index is 12.8. The van der Waals surface area contributed by atoms with E-state index in [1.165, 1.54) is 28.4 Å². The first-order valence-corrected chi connectivity index (χ1v) is 10.3. The predicted molar refractivity (Wildman–Crippen MR) is 114 cm³/mol. The Labute approximate surface area is 177 Å². The number of aromatic nitrogens is 1. The number of alkyl halides is 3. The van der Waals surface area contributed by atoms with Crippen molar-refractivity contribution in [2.45, 2.75) is 39.0 Å². The van der Waals surface area contributed by atoms with Gasteiger partial charge < -0.3 is 5.32 Å². The summed E-state index contributed by atoms with van der Waals surface area (Å²) in [6.45, 7) is 3.98. The number of nitrogens with zero attached hydrogens (tertiary/aromatic N) is 2. The van der Waals surface area contributed by atoms with Gasteiger partial charge in [0.1, 0.15) is 5.01 Å². The minimum Gasteiger partial charge on any atom is -0.336 e. The topological polar surface area (TPSA) is 45.2 Å². The molecule has 0 radical (unpaired) electrons. The van der Waals surface area contributed by atoms with Crippen LogP contribution >= 0.6 is 11.3 Å². The number of halogens is 3. The Morgan fingerprint density at radius 1 is 1.13 bits per heavy atom. The number of urea groups is 1. The van der Waals surface area contributed by atoms with Gasteiger partial charge in [0.2, 0.25) is 0 Å². The van der Waals surface area contributed by atoms with Crippen molar-refractivity contribution < 1.29 is 18.0 Å². The first-order chi connectivity index (χ1) is 14.2. The van der Waals surface area contributed by atoms with Crippen LogP contribution in [-0.4, -0.2) is 23.2 Å². The number of anilines is 1. The van der Waals surface area contributed by atoms with Gasteiger partial charge in [-0.25, -0.2) is 9.78 Å². The number of amides is 2. The third-order valence-corrected chi connectivity index (χ3v) is 5.08. The lowest BCUT2D eigenvalue weighted by atomic mass is 10.1. The molecule has 0 aliphatic carbocycles. The van der Waals surface area contributed by atoms with Gasteiger partial charge in [-0.3, -0.25) is 4.90 Å². The van der Waals surface area contributed by atoms with Gasteiger partial charge in [0, 0.05) is 28.9 Å². The molecule has 0 aliphatic heterocycles. The van der Waals surface area contributed by atoms with E-state index in [9.17, 15) is 18.0 Å². The number of rotatable bonds is 6. The third-order valence-electron chi connectivity index (χ3n) is 4.26. The molecule has 158 valence electrons. The van der Waals surface area contributed by atoms with Crippen molar-refractivity contribution >= 4 is 23.1 Å². The summed E-state index contributed by atoms with van der Waals surface area (Å²) in [6, 6.07) is 13.2. The summed E-state index contributed by atoms with van der Waals surface area (Å²) in [6.07, 6.45) is -3.54. The lowest BCUT2D eigenvalue weighted by Crippen LogP contribution is -2.42. The van der Waals surface area contributed by atoms with Gasteiger partial charge in [-0.2, -0.15) is 13.2 Å². The SMILES string of the molecule is CC(C)NC(=O)N(Cc1cccc(-c2nccs2)c1)c1ccc(CC(F)(F)F)cc1. The van der Waals surface area contributed by atoms with Crippen molar-refractivity contribution in [1.29, 1.82) is 0 Å². The molecule has 1 aromatic heterocycles. The normalized spacial score (nSPS) is 11.5. The summed E-state index contributed by atoms with van der Waals surface area (Å²) in [5.41, 5.74) is 2.52. The Kier molecular flexibility index (Phi) is 6.77. The van der Waals surface area contributed by atoms with E-state index in [1.807, 2.05) is 43.5 Å². The molecule has 3 aromatic rings. The Balaban J connectivity index is 1.86. The van der Waals surface area contributed by atoms with Crippen molar-refractivity contribution in [2.24, 2.45) is 0 Å². The van der Waals surface area contributed by atoms with Gasteiger partial charge in [0.25, 0.3) is 0 Å². The first-order valence-electron chi connectivity index (χ1n) is 9.44. The fourth-order valence-corrected chi connectivity index (χ4v) is 3.62. The minimum atomic E-state index is -4.27. The highest BCUT2D eigenvalue weighted by Crippen LogP contribution is 2.26. The minimum absolute atomic E-state index is 0.0776. The number of benzene rings is 2. The second kappa shape index (κ2) is 9.30. The molecule has 1 N–H and O–H groups in total. The Bertz CT molecular complexity index is 970. The molecule has 8 heteroatoms. The summed E-state index contributed by atoms with van der Waals surface area (Å²) in [7, 11) is 0. The predicted octanol–water partition coefficient (Wildman–Crippen LogP) is 6.04. The number of nitrogens with one attached hydrogen (secondary N) is 1. The second-order valence-corrected chi connectivity index (χ2v) is 8.08. The number of hydrogen-bond donors (Lipinski definition) is 1. The fourth-order valence-electron chi connectivity index (χ4n) is 2.98. The molecule has 0 fully saturated rings. The van der Waals surface area contributed by atoms with E-state index in [2.05, 4.69) is 10.3 Å². The zero-order valence-electron chi connectivity index (χ0n) is 16.6. The van der Waals surface area contributed by atoms with Crippen molar-refractivity contribution in [2.75, 3.05) is 4.90 Å². The van der Waals surface area contributed by atoms with E-state index in [4.69, 9.17) is 0 Å².